The Hall–Kier alpha value is -2.92. The van der Waals surface area contributed by atoms with Gasteiger partial charge >= 0.3 is 12.1 Å². The van der Waals surface area contributed by atoms with Gasteiger partial charge in [-0.1, -0.05) is 24.3 Å². The molecule has 29 heavy (non-hydrogen) atoms. The van der Waals surface area contributed by atoms with Crippen LogP contribution in [-0.4, -0.2) is 26.4 Å². The molecule has 0 spiro atoms. The predicted octanol–water partition coefficient (Wildman–Crippen LogP) is 2.47. The monoisotopic (exact) mass is 430 g/mol. The first kappa shape index (κ1) is 22.4. The molecule has 0 fully saturated rings. The largest absolute Gasteiger partial charge is 0.452 e. The van der Waals surface area contributed by atoms with Crippen LogP contribution in [-0.2, 0) is 36.9 Å². The van der Waals surface area contributed by atoms with Crippen molar-refractivity contribution >= 4 is 27.6 Å². The molecule has 0 radical (unpaired) electrons. The summed E-state index contributed by atoms with van der Waals surface area (Å²) in [6, 6.07) is 9.34. The van der Waals surface area contributed by atoms with Crippen molar-refractivity contribution in [3.63, 3.8) is 0 Å². The lowest BCUT2D eigenvalue weighted by Crippen LogP contribution is -2.30. The Kier molecular flexibility index (Phi) is 6.65. The Morgan fingerprint density at radius 3 is 2.41 bits per heavy atom. The highest BCUT2D eigenvalue weighted by Gasteiger charge is 2.30. The maximum Gasteiger partial charge on any atom is 0.416 e. The van der Waals surface area contributed by atoms with Crippen LogP contribution in [0.5, 0.6) is 0 Å². The number of benzene rings is 2. The maximum atomic E-state index is 12.7. The van der Waals surface area contributed by atoms with Gasteiger partial charge in [-0.2, -0.15) is 13.2 Å². The number of sulfonamides is 1. The summed E-state index contributed by atoms with van der Waals surface area (Å²) in [6.07, 6.45) is -6.27. The highest BCUT2D eigenvalue weighted by atomic mass is 32.2. The molecule has 2 aromatic rings. The molecule has 3 N–H and O–H groups in total. The van der Waals surface area contributed by atoms with Gasteiger partial charge in [0.15, 0.2) is 6.10 Å². The number of nitrogens with two attached hydrogens (primary N) is 1. The number of alkyl halides is 3. The first-order valence-corrected chi connectivity index (χ1v) is 9.70. The van der Waals surface area contributed by atoms with Crippen molar-refractivity contribution in [1.82, 2.24) is 0 Å². The molecule has 1 atom stereocenters. The summed E-state index contributed by atoms with van der Waals surface area (Å²) in [5.74, 6) is -1.65. The lowest BCUT2D eigenvalue weighted by Gasteiger charge is -2.14. The van der Waals surface area contributed by atoms with E-state index in [1.807, 2.05) is 0 Å². The average molecular weight is 430 g/mol. The van der Waals surface area contributed by atoms with E-state index in [4.69, 9.17) is 9.88 Å². The molecular weight excluding hydrogens is 413 g/mol. The van der Waals surface area contributed by atoms with Gasteiger partial charge in [0.1, 0.15) is 0 Å². The lowest BCUT2D eigenvalue weighted by molar-refractivity contribution is -0.152. The molecular formula is C18H17F3N2O5S. The number of nitrogens with one attached hydrogen (secondary N) is 1. The van der Waals surface area contributed by atoms with E-state index in [9.17, 15) is 31.2 Å². The zero-order valence-corrected chi connectivity index (χ0v) is 15.9. The van der Waals surface area contributed by atoms with Crippen LogP contribution in [0.1, 0.15) is 18.1 Å². The normalized spacial score (nSPS) is 12.9. The van der Waals surface area contributed by atoms with E-state index in [0.717, 1.165) is 18.2 Å². The number of carbonyl (C=O) groups excluding carboxylic acids is 2. The third kappa shape index (κ3) is 6.57. The van der Waals surface area contributed by atoms with Gasteiger partial charge < -0.3 is 10.1 Å². The van der Waals surface area contributed by atoms with Gasteiger partial charge in [-0.3, -0.25) is 9.59 Å². The van der Waals surface area contributed by atoms with Crippen LogP contribution in [0.15, 0.2) is 53.4 Å². The number of primary sulfonamides is 1. The van der Waals surface area contributed by atoms with Crippen LogP contribution in [0.25, 0.3) is 0 Å². The molecule has 11 heteroatoms. The molecule has 0 bridgehead atoms. The van der Waals surface area contributed by atoms with Crippen LogP contribution >= 0.6 is 0 Å². The topological polar surface area (TPSA) is 116 Å². The Bertz CT molecular complexity index is 1020. The number of esters is 1. The van der Waals surface area contributed by atoms with E-state index < -0.39 is 46.2 Å². The van der Waals surface area contributed by atoms with Crippen LogP contribution in [0.3, 0.4) is 0 Å². The molecule has 0 aromatic heterocycles. The van der Waals surface area contributed by atoms with Crippen molar-refractivity contribution < 1.29 is 35.9 Å². The molecule has 0 aliphatic heterocycles. The van der Waals surface area contributed by atoms with Crippen LogP contribution < -0.4 is 10.5 Å². The summed E-state index contributed by atoms with van der Waals surface area (Å²) in [4.78, 5) is 23.9. The van der Waals surface area contributed by atoms with Crippen LogP contribution in [0, 0.1) is 0 Å². The van der Waals surface area contributed by atoms with E-state index in [-0.39, 0.29) is 16.1 Å². The average Bonchev–Trinajstić information content (AvgIpc) is 2.60. The fraction of sp³-hybridized carbons (Fsp3) is 0.222. The quantitative estimate of drug-likeness (QED) is 0.683. The Labute approximate surface area is 164 Å². The van der Waals surface area contributed by atoms with Crippen molar-refractivity contribution in [2.45, 2.75) is 30.5 Å². The second kappa shape index (κ2) is 8.62. The van der Waals surface area contributed by atoms with Gasteiger partial charge in [0.2, 0.25) is 10.0 Å². The highest BCUT2D eigenvalue weighted by Crippen LogP contribution is 2.29. The summed E-state index contributed by atoms with van der Waals surface area (Å²) in [7, 11) is -3.97. The minimum absolute atomic E-state index is 0.0817. The molecule has 1 amide bonds. The summed E-state index contributed by atoms with van der Waals surface area (Å²) in [5.41, 5.74) is -0.705. The summed E-state index contributed by atoms with van der Waals surface area (Å²) >= 11 is 0. The Morgan fingerprint density at radius 1 is 1.14 bits per heavy atom. The summed E-state index contributed by atoms with van der Waals surface area (Å²) in [6.45, 7) is 1.27. The van der Waals surface area contributed by atoms with E-state index in [1.165, 1.54) is 37.3 Å². The zero-order valence-electron chi connectivity index (χ0n) is 15.1. The number of hydrogen-bond acceptors (Lipinski definition) is 5. The number of amides is 1. The van der Waals surface area contributed by atoms with Gasteiger partial charge in [0.05, 0.1) is 16.9 Å². The van der Waals surface area contributed by atoms with Crippen molar-refractivity contribution in [1.29, 1.82) is 0 Å². The van der Waals surface area contributed by atoms with E-state index in [1.54, 1.807) is 0 Å². The van der Waals surface area contributed by atoms with Gasteiger partial charge in [-0.15, -0.1) is 0 Å². The molecule has 1 unspecified atom stereocenters. The van der Waals surface area contributed by atoms with E-state index in [2.05, 4.69) is 5.32 Å². The third-order valence-corrected chi connectivity index (χ3v) is 4.62. The fourth-order valence-corrected chi connectivity index (χ4v) is 2.87. The first-order chi connectivity index (χ1) is 13.4. The minimum atomic E-state index is -4.54. The highest BCUT2D eigenvalue weighted by molar-refractivity contribution is 7.89. The third-order valence-electron chi connectivity index (χ3n) is 3.71. The molecule has 0 heterocycles. The lowest BCUT2D eigenvalue weighted by atomic mass is 10.1. The molecule has 7 nitrogen and oxygen atoms in total. The number of carbonyl (C=O) groups is 2. The van der Waals surface area contributed by atoms with Gasteiger partial charge in [-0.05, 0) is 36.8 Å². The van der Waals surface area contributed by atoms with Gasteiger partial charge in [0, 0.05) is 5.69 Å². The number of halogens is 3. The minimum Gasteiger partial charge on any atom is -0.452 e. The van der Waals surface area contributed by atoms with Crippen molar-refractivity contribution in [3.05, 3.63) is 59.7 Å². The molecule has 2 aromatic carbocycles. The van der Waals surface area contributed by atoms with Crippen molar-refractivity contribution in [2.75, 3.05) is 5.32 Å². The number of ether oxygens (including phenoxy) is 1. The second-order valence-corrected chi connectivity index (χ2v) is 7.63. The second-order valence-electron chi connectivity index (χ2n) is 6.07. The molecule has 0 aliphatic rings. The Morgan fingerprint density at radius 2 is 1.79 bits per heavy atom. The summed E-state index contributed by atoms with van der Waals surface area (Å²) in [5, 5.41) is 7.38. The smallest absolute Gasteiger partial charge is 0.416 e. The number of anilines is 1. The molecule has 0 aliphatic carbocycles. The van der Waals surface area contributed by atoms with Crippen LogP contribution in [0.2, 0.25) is 0 Å². The zero-order chi connectivity index (χ0) is 21.8. The van der Waals surface area contributed by atoms with E-state index in [0.29, 0.717) is 0 Å². The van der Waals surface area contributed by atoms with Gasteiger partial charge in [0.25, 0.3) is 5.91 Å². The molecule has 0 saturated carbocycles. The van der Waals surface area contributed by atoms with Crippen molar-refractivity contribution in [3.8, 4) is 0 Å². The fourth-order valence-electron chi connectivity index (χ4n) is 2.31. The standard InChI is InChI=1S/C18H17F3N2O5S/c1-11(17(25)23-14-6-3-7-15(10-14)29(22,26)27)28-16(24)9-12-4-2-5-13(8-12)18(19,20)21/h2-8,10-11H,9H2,1H3,(H,23,25)(H2,22,26,27). The van der Waals surface area contributed by atoms with Crippen LogP contribution in [0.4, 0.5) is 18.9 Å². The molecule has 2 rings (SSSR count). The maximum absolute atomic E-state index is 12.7. The molecule has 0 saturated heterocycles. The summed E-state index contributed by atoms with van der Waals surface area (Å²) < 4.78 is 65.8. The van der Waals surface area contributed by atoms with Crippen molar-refractivity contribution in [2.24, 2.45) is 5.14 Å². The first-order valence-electron chi connectivity index (χ1n) is 8.15. The SMILES string of the molecule is CC(OC(=O)Cc1cccc(C(F)(F)F)c1)C(=O)Nc1cccc(S(N)(=O)=O)c1. The van der Waals surface area contributed by atoms with Gasteiger partial charge in [-0.25, -0.2) is 13.6 Å². The number of rotatable bonds is 6. The van der Waals surface area contributed by atoms with E-state index >= 15 is 0 Å². The Balaban J connectivity index is 1.98. The molecule has 156 valence electrons. The predicted molar refractivity (Wildman–Crippen MR) is 97.1 cm³/mol. The number of hydrogen-bond donors (Lipinski definition) is 2.